The first-order valence-electron chi connectivity index (χ1n) is 11.5. The summed E-state index contributed by atoms with van der Waals surface area (Å²) >= 11 is 0. The molecule has 0 radical (unpaired) electrons. The van der Waals surface area contributed by atoms with Gasteiger partial charge in [0.25, 0.3) is 5.91 Å². The van der Waals surface area contributed by atoms with Gasteiger partial charge in [-0.3, -0.25) is 14.5 Å². The van der Waals surface area contributed by atoms with Crippen LogP contribution in [0.5, 0.6) is 11.5 Å². The van der Waals surface area contributed by atoms with Crippen LogP contribution in [0.3, 0.4) is 0 Å². The van der Waals surface area contributed by atoms with E-state index in [4.69, 9.17) is 15.9 Å². The molecule has 184 valence electrons. The summed E-state index contributed by atoms with van der Waals surface area (Å²) in [5, 5.41) is 5.75. The van der Waals surface area contributed by atoms with E-state index in [0.29, 0.717) is 29.3 Å². The third kappa shape index (κ3) is 7.88. The predicted octanol–water partition coefficient (Wildman–Crippen LogP) is 2.34. The van der Waals surface area contributed by atoms with Crippen LogP contribution >= 0.6 is 0 Å². The van der Waals surface area contributed by atoms with E-state index in [0.717, 1.165) is 38.3 Å². The van der Waals surface area contributed by atoms with Crippen molar-refractivity contribution in [2.45, 2.75) is 0 Å². The van der Waals surface area contributed by atoms with Gasteiger partial charge >= 0.3 is 0 Å². The molecule has 0 bridgehead atoms. The number of hydrogen-bond donors (Lipinski definition) is 2. The Balaban J connectivity index is 1.56. The Hall–Kier alpha value is -3.80. The third-order valence-corrected chi connectivity index (χ3v) is 5.66. The van der Waals surface area contributed by atoms with E-state index >= 15 is 0 Å². The van der Waals surface area contributed by atoms with E-state index in [1.54, 1.807) is 48.5 Å². The van der Waals surface area contributed by atoms with Crippen LogP contribution in [-0.2, 0) is 4.79 Å². The monoisotopic (exact) mass is 476 g/mol. The summed E-state index contributed by atoms with van der Waals surface area (Å²) in [6.45, 7) is 5.55. The number of anilines is 1. The second-order valence-electron chi connectivity index (χ2n) is 8.17. The second kappa shape index (κ2) is 13.2. The molecule has 0 aromatic heterocycles. The number of amides is 2. The molecule has 3 rings (SSSR count). The van der Waals surface area contributed by atoms with Gasteiger partial charge in [-0.2, -0.15) is 0 Å². The topological polar surface area (TPSA) is 83.1 Å². The summed E-state index contributed by atoms with van der Waals surface area (Å²) in [6, 6.07) is 12.2. The number of hydrogen-bond acceptors (Lipinski definition) is 6. The van der Waals surface area contributed by atoms with E-state index in [-0.39, 0.29) is 18.4 Å². The minimum Gasteiger partial charge on any atom is -0.493 e. The van der Waals surface area contributed by atoms with Crippen molar-refractivity contribution in [2.24, 2.45) is 0 Å². The Morgan fingerprint density at radius 1 is 1.11 bits per heavy atom. The Morgan fingerprint density at radius 2 is 1.89 bits per heavy atom. The number of para-hydroxylation sites is 1. The normalized spacial score (nSPS) is 14.3. The van der Waals surface area contributed by atoms with Crippen LogP contribution in [0.25, 0.3) is 6.08 Å². The maximum atomic E-state index is 12.8. The van der Waals surface area contributed by atoms with Crippen LogP contribution in [0.4, 0.5) is 5.69 Å². The number of nitrogens with one attached hydrogen (secondary N) is 2. The average Bonchev–Trinajstić information content (AvgIpc) is 2.87. The SMILES string of the molecule is C#CCOc1ccc(/C=C/C(=O)Nc2ccccc2C(=O)NCCN2CCN(C)CC2)cc1OC. The average molecular weight is 477 g/mol. The molecule has 35 heavy (non-hydrogen) atoms. The third-order valence-electron chi connectivity index (χ3n) is 5.66. The highest BCUT2D eigenvalue weighted by molar-refractivity contribution is 6.07. The smallest absolute Gasteiger partial charge is 0.253 e. The summed E-state index contributed by atoms with van der Waals surface area (Å²) in [7, 11) is 3.65. The molecule has 2 N–H and O–H groups in total. The van der Waals surface area contributed by atoms with E-state index in [9.17, 15) is 9.59 Å². The van der Waals surface area contributed by atoms with Gasteiger partial charge in [0.05, 0.1) is 18.4 Å². The number of likely N-dealkylation sites (N-methyl/N-ethyl adjacent to an activating group) is 1. The fourth-order valence-electron chi connectivity index (χ4n) is 3.66. The number of methoxy groups -OCH3 is 1. The maximum Gasteiger partial charge on any atom is 0.253 e. The molecule has 8 heteroatoms. The van der Waals surface area contributed by atoms with E-state index < -0.39 is 0 Å². The van der Waals surface area contributed by atoms with Crippen molar-refractivity contribution in [2.75, 3.05) is 65.3 Å². The van der Waals surface area contributed by atoms with Crippen LogP contribution in [0.2, 0.25) is 0 Å². The van der Waals surface area contributed by atoms with Crippen LogP contribution in [0, 0.1) is 12.3 Å². The van der Waals surface area contributed by atoms with Crippen LogP contribution in [0.15, 0.2) is 48.5 Å². The van der Waals surface area contributed by atoms with Gasteiger partial charge in [0.15, 0.2) is 11.5 Å². The van der Waals surface area contributed by atoms with Gasteiger partial charge < -0.3 is 25.0 Å². The lowest BCUT2D eigenvalue weighted by molar-refractivity contribution is -0.111. The van der Waals surface area contributed by atoms with Crippen molar-refractivity contribution in [1.82, 2.24) is 15.1 Å². The number of benzene rings is 2. The molecule has 0 aliphatic carbocycles. The first-order valence-corrected chi connectivity index (χ1v) is 11.5. The van der Waals surface area contributed by atoms with Crippen LogP contribution in [0.1, 0.15) is 15.9 Å². The lowest BCUT2D eigenvalue weighted by Gasteiger charge is -2.32. The second-order valence-corrected chi connectivity index (χ2v) is 8.17. The first-order chi connectivity index (χ1) is 17.0. The molecular formula is C27H32N4O4. The van der Waals surface area contributed by atoms with Crippen molar-refractivity contribution in [3.05, 3.63) is 59.7 Å². The molecule has 1 fully saturated rings. The van der Waals surface area contributed by atoms with E-state index in [2.05, 4.69) is 33.4 Å². The first kappa shape index (κ1) is 25.8. The van der Waals surface area contributed by atoms with Crippen molar-refractivity contribution in [3.8, 4) is 23.8 Å². The Morgan fingerprint density at radius 3 is 2.63 bits per heavy atom. The minimum absolute atomic E-state index is 0.136. The van der Waals surface area contributed by atoms with Crippen molar-refractivity contribution >= 4 is 23.6 Å². The van der Waals surface area contributed by atoms with E-state index in [1.165, 1.54) is 13.2 Å². The minimum atomic E-state index is -0.352. The zero-order valence-corrected chi connectivity index (χ0v) is 20.3. The molecule has 0 saturated carbocycles. The number of nitrogens with zero attached hydrogens (tertiary/aromatic N) is 2. The molecule has 0 atom stereocenters. The summed E-state index contributed by atoms with van der Waals surface area (Å²) in [4.78, 5) is 29.9. The summed E-state index contributed by atoms with van der Waals surface area (Å²) in [6.07, 6.45) is 8.29. The van der Waals surface area contributed by atoms with Gasteiger partial charge in [-0.15, -0.1) is 6.42 Å². The number of carbonyl (C=O) groups is 2. The van der Waals surface area contributed by atoms with Crippen molar-refractivity contribution in [1.29, 1.82) is 0 Å². The highest BCUT2D eigenvalue weighted by Crippen LogP contribution is 2.28. The van der Waals surface area contributed by atoms with Crippen molar-refractivity contribution in [3.63, 3.8) is 0 Å². The molecule has 1 aliphatic rings. The Kier molecular flexibility index (Phi) is 9.72. The largest absolute Gasteiger partial charge is 0.493 e. The molecule has 8 nitrogen and oxygen atoms in total. The Labute approximate surface area is 206 Å². The molecule has 0 unspecified atom stereocenters. The van der Waals surface area contributed by atoms with E-state index in [1.807, 2.05) is 0 Å². The van der Waals surface area contributed by atoms with Crippen LogP contribution in [-0.4, -0.2) is 81.6 Å². The zero-order valence-electron chi connectivity index (χ0n) is 20.3. The molecule has 1 saturated heterocycles. The predicted molar refractivity (Wildman–Crippen MR) is 138 cm³/mol. The lowest BCUT2D eigenvalue weighted by Crippen LogP contribution is -2.46. The molecule has 1 aliphatic heterocycles. The zero-order chi connectivity index (χ0) is 25.0. The van der Waals surface area contributed by atoms with Gasteiger partial charge in [-0.05, 0) is 43.0 Å². The number of ether oxygens (including phenoxy) is 2. The van der Waals surface area contributed by atoms with Gasteiger partial charge in [-0.25, -0.2) is 0 Å². The van der Waals surface area contributed by atoms with Gasteiger partial charge in [0, 0.05) is 45.3 Å². The quantitative estimate of drug-likeness (QED) is 0.405. The maximum absolute atomic E-state index is 12.8. The van der Waals surface area contributed by atoms with Gasteiger partial charge in [0.2, 0.25) is 5.91 Å². The highest BCUT2D eigenvalue weighted by atomic mass is 16.5. The molecule has 2 amide bonds. The number of terminal acetylenes is 1. The molecule has 0 spiro atoms. The fourth-order valence-corrected chi connectivity index (χ4v) is 3.66. The van der Waals surface area contributed by atoms with Gasteiger partial charge in [0.1, 0.15) is 6.61 Å². The number of piperazine rings is 1. The summed E-state index contributed by atoms with van der Waals surface area (Å²) < 4.78 is 10.8. The standard InChI is InChI=1S/C27H32N4O4/c1-4-19-35-24-11-9-21(20-25(24)34-3)10-12-26(32)29-23-8-6-5-7-22(23)27(33)28-13-14-31-17-15-30(2)16-18-31/h1,5-12,20H,13-19H2,2-3H3,(H,28,33)(H,29,32)/b12-10+. The summed E-state index contributed by atoms with van der Waals surface area (Å²) in [5.74, 6) is 2.88. The Bertz CT molecular complexity index is 1080. The van der Waals surface area contributed by atoms with Crippen LogP contribution < -0.4 is 20.1 Å². The molecule has 2 aromatic carbocycles. The molecular weight excluding hydrogens is 444 g/mol. The number of rotatable bonds is 10. The summed E-state index contributed by atoms with van der Waals surface area (Å²) in [5.41, 5.74) is 1.62. The highest BCUT2D eigenvalue weighted by Gasteiger charge is 2.15. The van der Waals surface area contributed by atoms with Crippen molar-refractivity contribution < 1.29 is 19.1 Å². The molecule has 1 heterocycles. The number of carbonyl (C=O) groups excluding carboxylic acids is 2. The molecule has 2 aromatic rings. The lowest BCUT2D eigenvalue weighted by atomic mass is 10.1. The van der Waals surface area contributed by atoms with Gasteiger partial charge in [-0.1, -0.05) is 24.1 Å². The fraction of sp³-hybridized carbons (Fsp3) is 0.333.